The van der Waals surface area contributed by atoms with E-state index >= 15 is 0 Å². The highest BCUT2D eigenvalue weighted by molar-refractivity contribution is 5.66. The first-order valence-corrected chi connectivity index (χ1v) is 5.81. The summed E-state index contributed by atoms with van der Waals surface area (Å²) in [6.07, 6.45) is -4.12. The van der Waals surface area contributed by atoms with Crippen LogP contribution >= 0.6 is 0 Å². The van der Waals surface area contributed by atoms with Gasteiger partial charge in [-0.25, -0.2) is 0 Å². The summed E-state index contributed by atoms with van der Waals surface area (Å²) < 4.78 is 21.6. The third-order valence-electron chi connectivity index (χ3n) is 2.90. The van der Waals surface area contributed by atoms with Crippen molar-refractivity contribution in [2.24, 2.45) is 0 Å². The molecule has 2 aliphatic rings. The fraction of sp³-hybridized carbons (Fsp3) is 0.909. The second-order valence-corrected chi connectivity index (χ2v) is 4.89. The molecule has 0 aromatic carbocycles. The van der Waals surface area contributed by atoms with Crippen LogP contribution in [0.3, 0.4) is 0 Å². The number of hydrogen-bond acceptors (Lipinski definition) is 7. The summed E-state index contributed by atoms with van der Waals surface area (Å²) in [6, 6.07) is 0. The first kappa shape index (κ1) is 13.7. The van der Waals surface area contributed by atoms with E-state index in [4.69, 9.17) is 24.1 Å². The number of carbonyl (C=O) groups is 1. The molecule has 104 valence electrons. The van der Waals surface area contributed by atoms with Gasteiger partial charge in [-0.2, -0.15) is 0 Å². The molecular weight excluding hydrogens is 244 g/mol. The maximum absolute atomic E-state index is 11.1. The van der Waals surface area contributed by atoms with Gasteiger partial charge in [-0.15, -0.1) is 0 Å². The zero-order valence-corrected chi connectivity index (χ0v) is 10.5. The number of fused-ring (bicyclic) bond motifs is 1. The quantitative estimate of drug-likeness (QED) is 0.639. The average Bonchev–Trinajstić information content (AvgIpc) is 2.71. The minimum Gasteiger partial charge on any atom is -0.457 e. The van der Waals surface area contributed by atoms with Crippen LogP contribution in [0.25, 0.3) is 0 Å². The lowest BCUT2D eigenvalue weighted by Crippen LogP contribution is -2.44. The number of aliphatic hydroxyl groups is 2. The van der Waals surface area contributed by atoms with Crippen molar-refractivity contribution in [1.82, 2.24) is 0 Å². The molecule has 0 radical (unpaired) electrons. The molecule has 7 heteroatoms. The Morgan fingerprint density at radius 3 is 2.67 bits per heavy atom. The average molecular weight is 262 g/mol. The van der Waals surface area contributed by atoms with E-state index in [1.165, 1.54) is 6.92 Å². The Balaban J connectivity index is 2.14. The Morgan fingerprint density at radius 1 is 1.44 bits per heavy atom. The van der Waals surface area contributed by atoms with Crippen molar-refractivity contribution in [1.29, 1.82) is 0 Å². The topological polar surface area (TPSA) is 94.5 Å². The molecule has 0 amide bonds. The summed E-state index contributed by atoms with van der Waals surface area (Å²) in [5, 5.41) is 18.6. The maximum atomic E-state index is 11.1. The van der Waals surface area contributed by atoms with Gasteiger partial charge in [0.1, 0.15) is 12.2 Å². The van der Waals surface area contributed by atoms with Crippen LogP contribution in [0, 0.1) is 0 Å². The van der Waals surface area contributed by atoms with Crippen LogP contribution in [0.5, 0.6) is 0 Å². The van der Waals surface area contributed by atoms with Crippen molar-refractivity contribution in [2.75, 3.05) is 6.61 Å². The van der Waals surface area contributed by atoms with Crippen LogP contribution in [0.1, 0.15) is 20.8 Å². The van der Waals surface area contributed by atoms with E-state index in [0.29, 0.717) is 0 Å². The molecule has 0 saturated carbocycles. The number of hydrogen-bond donors (Lipinski definition) is 2. The zero-order valence-electron chi connectivity index (χ0n) is 10.5. The molecule has 2 N–H and O–H groups in total. The van der Waals surface area contributed by atoms with Crippen molar-refractivity contribution in [2.45, 2.75) is 57.3 Å². The molecule has 7 nitrogen and oxygen atoms in total. The fourth-order valence-electron chi connectivity index (χ4n) is 2.24. The van der Waals surface area contributed by atoms with Crippen LogP contribution in [-0.4, -0.2) is 59.3 Å². The Kier molecular flexibility index (Phi) is 3.61. The van der Waals surface area contributed by atoms with Crippen molar-refractivity contribution < 1.29 is 34.0 Å². The summed E-state index contributed by atoms with van der Waals surface area (Å²) in [5.74, 6) is -1.34. The number of ether oxygens (including phenoxy) is 4. The van der Waals surface area contributed by atoms with Crippen LogP contribution in [-0.2, 0) is 23.7 Å². The summed E-state index contributed by atoms with van der Waals surface area (Å²) in [4.78, 5) is 11.1. The van der Waals surface area contributed by atoms with Crippen LogP contribution in [0.15, 0.2) is 0 Å². The zero-order chi connectivity index (χ0) is 13.5. The van der Waals surface area contributed by atoms with Gasteiger partial charge in [-0.3, -0.25) is 4.79 Å². The van der Waals surface area contributed by atoms with Gasteiger partial charge in [0, 0.05) is 6.92 Å². The normalized spacial score (nSPS) is 39.4. The first-order chi connectivity index (χ1) is 8.34. The van der Waals surface area contributed by atoms with Gasteiger partial charge in [0.25, 0.3) is 0 Å². The highest BCUT2D eigenvalue weighted by atomic mass is 16.8. The number of rotatable bonds is 3. The molecule has 2 aliphatic heterocycles. The standard InChI is InChI=1S/C11H18O7/c1-5(13)15-8-7(6(14)4-12)16-10-9(8)17-11(2,3)18-10/h6-10,12,14H,4H2,1-3H3/t6-,7-,8-,9+,10+/m1/s1. The smallest absolute Gasteiger partial charge is 0.303 e. The monoisotopic (exact) mass is 262 g/mol. The third kappa shape index (κ3) is 2.50. The van der Waals surface area contributed by atoms with Gasteiger partial charge in [-0.05, 0) is 13.8 Å². The van der Waals surface area contributed by atoms with Gasteiger partial charge in [0.15, 0.2) is 24.3 Å². The Morgan fingerprint density at radius 2 is 2.11 bits per heavy atom. The SMILES string of the molecule is CC(=O)O[C@H]1[C@@H]2OC(C)(C)O[C@@H]2O[C@@H]1[C@H](O)CO. The van der Waals surface area contributed by atoms with E-state index in [1.54, 1.807) is 13.8 Å². The molecule has 5 atom stereocenters. The van der Waals surface area contributed by atoms with Crippen LogP contribution < -0.4 is 0 Å². The van der Waals surface area contributed by atoms with E-state index in [9.17, 15) is 9.90 Å². The predicted octanol–water partition coefficient (Wildman–Crippen LogP) is -0.852. The Bertz CT molecular complexity index is 329. The van der Waals surface area contributed by atoms with E-state index in [-0.39, 0.29) is 0 Å². The van der Waals surface area contributed by atoms with Gasteiger partial charge in [-0.1, -0.05) is 0 Å². The predicted molar refractivity (Wildman–Crippen MR) is 57.3 cm³/mol. The second kappa shape index (κ2) is 4.75. The van der Waals surface area contributed by atoms with Gasteiger partial charge >= 0.3 is 5.97 Å². The summed E-state index contributed by atoms with van der Waals surface area (Å²) in [6.45, 7) is 4.20. The van der Waals surface area contributed by atoms with E-state index < -0.39 is 49.1 Å². The number of esters is 1. The van der Waals surface area contributed by atoms with Crippen LogP contribution in [0.2, 0.25) is 0 Å². The Labute approximate surface area is 105 Å². The minimum atomic E-state index is -1.16. The fourth-order valence-corrected chi connectivity index (χ4v) is 2.24. The van der Waals surface area contributed by atoms with Crippen LogP contribution in [0.4, 0.5) is 0 Å². The lowest BCUT2D eigenvalue weighted by molar-refractivity contribution is -0.230. The first-order valence-electron chi connectivity index (χ1n) is 5.81. The van der Waals surface area contributed by atoms with Crippen molar-refractivity contribution >= 4 is 5.97 Å². The maximum Gasteiger partial charge on any atom is 0.303 e. The molecule has 2 saturated heterocycles. The molecule has 0 unspecified atom stereocenters. The number of carbonyl (C=O) groups excluding carboxylic acids is 1. The van der Waals surface area contributed by atoms with Gasteiger partial charge in [0.2, 0.25) is 0 Å². The van der Waals surface area contributed by atoms with E-state index in [1.807, 2.05) is 0 Å². The molecule has 2 rings (SSSR count). The van der Waals surface area contributed by atoms with Crippen molar-refractivity contribution in [3.05, 3.63) is 0 Å². The molecule has 0 bridgehead atoms. The third-order valence-corrected chi connectivity index (χ3v) is 2.90. The van der Waals surface area contributed by atoms with Gasteiger partial charge < -0.3 is 29.2 Å². The molecule has 0 aromatic heterocycles. The lowest BCUT2D eigenvalue weighted by atomic mass is 10.1. The molecule has 0 spiro atoms. The van der Waals surface area contributed by atoms with Crippen molar-refractivity contribution in [3.63, 3.8) is 0 Å². The molecule has 0 aromatic rings. The molecule has 2 heterocycles. The minimum absolute atomic E-state index is 0.495. The van der Waals surface area contributed by atoms with E-state index in [0.717, 1.165) is 0 Å². The van der Waals surface area contributed by atoms with Gasteiger partial charge in [0.05, 0.1) is 6.61 Å². The molecule has 0 aliphatic carbocycles. The number of aliphatic hydroxyl groups excluding tert-OH is 2. The summed E-state index contributed by atoms with van der Waals surface area (Å²) in [5.41, 5.74) is 0. The molecule has 2 fully saturated rings. The second-order valence-electron chi connectivity index (χ2n) is 4.89. The van der Waals surface area contributed by atoms with Crippen molar-refractivity contribution in [3.8, 4) is 0 Å². The summed E-state index contributed by atoms with van der Waals surface area (Å²) >= 11 is 0. The summed E-state index contributed by atoms with van der Waals surface area (Å²) in [7, 11) is 0. The van der Waals surface area contributed by atoms with E-state index in [2.05, 4.69) is 0 Å². The highest BCUT2D eigenvalue weighted by Crippen LogP contribution is 2.39. The molecule has 18 heavy (non-hydrogen) atoms. The molecular formula is C11H18O7. The Hall–Kier alpha value is -0.730. The lowest BCUT2D eigenvalue weighted by Gasteiger charge is -2.27. The highest BCUT2D eigenvalue weighted by Gasteiger charge is 2.57. The largest absolute Gasteiger partial charge is 0.457 e.